The third kappa shape index (κ3) is 2.96. The average molecular weight is 385 g/mol. The summed E-state index contributed by atoms with van der Waals surface area (Å²) < 4.78 is 33.2. The summed E-state index contributed by atoms with van der Waals surface area (Å²) in [6.07, 6.45) is 2.12. The summed E-state index contributed by atoms with van der Waals surface area (Å²) in [6, 6.07) is 2.89. The van der Waals surface area contributed by atoms with Gasteiger partial charge < -0.3 is 9.84 Å². The second kappa shape index (κ2) is 5.81. The quantitative estimate of drug-likeness (QED) is 0.817. The fourth-order valence-corrected chi connectivity index (χ4v) is 5.01. The lowest BCUT2D eigenvalue weighted by Gasteiger charge is -2.40. The molecule has 1 aliphatic carbocycles. The highest BCUT2D eigenvalue weighted by Crippen LogP contribution is 2.38. The number of benzene rings is 1. The van der Waals surface area contributed by atoms with Gasteiger partial charge >= 0.3 is 0 Å². The van der Waals surface area contributed by atoms with Gasteiger partial charge in [0.2, 0.25) is 10.0 Å². The van der Waals surface area contributed by atoms with E-state index >= 15 is 0 Å². The molecule has 0 spiro atoms. The van der Waals surface area contributed by atoms with Crippen molar-refractivity contribution in [1.82, 2.24) is 4.72 Å². The molecule has 0 heterocycles. The van der Waals surface area contributed by atoms with Crippen LogP contribution in [0.5, 0.6) is 5.75 Å². The number of aliphatic hydroxyl groups excluding tert-OH is 1. The van der Waals surface area contributed by atoms with E-state index in [-0.39, 0.29) is 22.3 Å². The number of nitrogens with one attached hydrogen (secondary N) is 1. The van der Waals surface area contributed by atoms with E-state index in [4.69, 9.17) is 16.3 Å². The number of ether oxygens (including phenoxy) is 1. The summed E-state index contributed by atoms with van der Waals surface area (Å²) in [7, 11) is -2.44. The molecule has 1 aromatic carbocycles. The van der Waals surface area contributed by atoms with Crippen molar-refractivity contribution in [3.05, 3.63) is 21.6 Å². The van der Waals surface area contributed by atoms with Gasteiger partial charge in [-0.25, -0.2) is 13.1 Å². The Morgan fingerprint density at radius 1 is 1.50 bits per heavy atom. The minimum Gasteiger partial charge on any atom is -0.494 e. The zero-order valence-corrected chi connectivity index (χ0v) is 14.0. The largest absolute Gasteiger partial charge is 0.494 e. The van der Waals surface area contributed by atoms with Crippen LogP contribution in [-0.2, 0) is 10.0 Å². The second-order valence-electron chi connectivity index (χ2n) is 4.82. The van der Waals surface area contributed by atoms with Crippen LogP contribution < -0.4 is 9.46 Å². The highest BCUT2D eigenvalue weighted by molar-refractivity contribution is 9.10. The van der Waals surface area contributed by atoms with Crippen LogP contribution in [0.1, 0.15) is 19.3 Å². The lowest BCUT2D eigenvalue weighted by Crippen LogP contribution is -2.55. The number of hydrogen-bond acceptors (Lipinski definition) is 4. The summed E-state index contributed by atoms with van der Waals surface area (Å²) in [4.78, 5) is -0.0425. The predicted molar refractivity (Wildman–Crippen MR) is 79.7 cm³/mol. The van der Waals surface area contributed by atoms with Crippen LogP contribution in [0.4, 0.5) is 0 Å². The Bertz CT molecular complexity index is 611. The first-order valence-corrected chi connectivity index (χ1v) is 8.67. The lowest BCUT2D eigenvalue weighted by atomic mass is 9.78. The Morgan fingerprint density at radius 2 is 2.15 bits per heavy atom. The minimum absolute atomic E-state index is 0.0425. The minimum atomic E-state index is -3.83. The van der Waals surface area contributed by atoms with Gasteiger partial charge in [-0.2, -0.15) is 0 Å². The van der Waals surface area contributed by atoms with Crippen molar-refractivity contribution >= 4 is 37.6 Å². The molecule has 0 unspecified atom stereocenters. The molecule has 0 radical (unpaired) electrons. The van der Waals surface area contributed by atoms with Crippen LogP contribution in [-0.4, -0.2) is 32.8 Å². The van der Waals surface area contributed by atoms with Gasteiger partial charge in [0.1, 0.15) is 4.90 Å². The zero-order valence-electron chi connectivity index (χ0n) is 10.8. The number of hydrogen-bond donors (Lipinski definition) is 2. The van der Waals surface area contributed by atoms with Crippen LogP contribution in [0.25, 0.3) is 0 Å². The third-order valence-corrected chi connectivity index (χ3v) is 5.82. The van der Waals surface area contributed by atoms with Crippen molar-refractivity contribution in [3.63, 3.8) is 0 Å². The SMILES string of the molecule is COc1c(Br)cc(Cl)cc1S(=O)(=O)NC1(CO)CCC1. The molecule has 0 aromatic heterocycles. The van der Waals surface area contributed by atoms with E-state index in [1.54, 1.807) is 6.07 Å². The Hall–Kier alpha value is -0.340. The molecule has 1 aliphatic rings. The molecule has 1 fully saturated rings. The van der Waals surface area contributed by atoms with Gasteiger partial charge in [-0.3, -0.25) is 0 Å². The first-order chi connectivity index (χ1) is 9.33. The van der Waals surface area contributed by atoms with E-state index in [0.29, 0.717) is 17.3 Å². The van der Waals surface area contributed by atoms with Gasteiger partial charge in [-0.15, -0.1) is 0 Å². The fourth-order valence-electron chi connectivity index (χ4n) is 2.17. The summed E-state index contributed by atoms with van der Waals surface area (Å²) in [5.74, 6) is 0.189. The van der Waals surface area contributed by atoms with E-state index in [9.17, 15) is 13.5 Å². The molecule has 8 heteroatoms. The molecule has 0 saturated heterocycles. The number of rotatable bonds is 5. The average Bonchev–Trinajstić information content (AvgIpc) is 2.33. The molecule has 1 saturated carbocycles. The number of sulfonamides is 1. The molecular formula is C12H15BrClNO4S. The van der Waals surface area contributed by atoms with Crippen molar-refractivity contribution in [2.24, 2.45) is 0 Å². The number of methoxy groups -OCH3 is 1. The summed E-state index contributed by atoms with van der Waals surface area (Å²) in [5.41, 5.74) is -0.765. The van der Waals surface area contributed by atoms with Gasteiger partial charge in [0.15, 0.2) is 5.75 Å². The van der Waals surface area contributed by atoms with Crippen LogP contribution in [0, 0.1) is 0 Å². The van der Waals surface area contributed by atoms with E-state index < -0.39 is 15.6 Å². The monoisotopic (exact) mass is 383 g/mol. The van der Waals surface area contributed by atoms with E-state index in [0.717, 1.165) is 6.42 Å². The van der Waals surface area contributed by atoms with Crippen molar-refractivity contribution in [2.75, 3.05) is 13.7 Å². The number of halogens is 2. The molecule has 2 N–H and O–H groups in total. The standard InChI is InChI=1S/C12H15BrClNO4S/c1-19-11-9(13)5-8(14)6-10(11)20(17,18)15-12(7-16)3-2-4-12/h5-6,15-16H,2-4,7H2,1H3. The first-order valence-electron chi connectivity index (χ1n) is 6.01. The van der Waals surface area contributed by atoms with Gasteiger partial charge in [0, 0.05) is 5.02 Å². The van der Waals surface area contributed by atoms with Gasteiger partial charge in [0.25, 0.3) is 0 Å². The number of aliphatic hydroxyl groups is 1. The fraction of sp³-hybridized carbons (Fsp3) is 0.500. The summed E-state index contributed by atoms with van der Waals surface area (Å²) in [6.45, 7) is -0.226. The van der Waals surface area contributed by atoms with Crippen molar-refractivity contribution in [3.8, 4) is 5.75 Å². The molecular weight excluding hydrogens is 370 g/mol. The zero-order chi connectivity index (χ0) is 15.0. The molecule has 112 valence electrons. The van der Waals surface area contributed by atoms with E-state index in [1.165, 1.54) is 13.2 Å². The maximum Gasteiger partial charge on any atom is 0.244 e. The van der Waals surface area contributed by atoms with E-state index in [1.807, 2.05) is 0 Å². The van der Waals surface area contributed by atoms with Gasteiger partial charge in [0.05, 0.1) is 23.7 Å². The van der Waals surface area contributed by atoms with Gasteiger partial charge in [-0.05, 0) is 47.3 Å². The molecule has 0 bridgehead atoms. The first kappa shape index (κ1) is 16.0. The maximum absolute atomic E-state index is 12.5. The predicted octanol–water partition coefficient (Wildman–Crippen LogP) is 2.30. The third-order valence-electron chi connectivity index (χ3n) is 3.43. The lowest BCUT2D eigenvalue weighted by molar-refractivity contribution is 0.110. The van der Waals surface area contributed by atoms with Gasteiger partial charge in [-0.1, -0.05) is 11.6 Å². The normalized spacial score (nSPS) is 17.6. The molecule has 5 nitrogen and oxygen atoms in total. The second-order valence-corrected chi connectivity index (χ2v) is 7.76. The Morgan fingerprint density at radius 3 is 2.60 bits per heavy atom. The van der Waals surface area contributed by atoms with Crippen molar-refractivity contribution in [2.45, 2.75) is 29.7 Å². The highest BCUT2D eigenvalue weighted by atomic mass is 79.9. The Balaban J connectivity index is 2.44. The molecule has 0 amide bonds. The van der Waals surface area contributed by atoms with E-state index in [2.05, 4.69) is 20.7 Å². The van der Waals surface area contributed by atoms with Crippen LogP contribution in [0.3, 0.4) is 0 Å². The molecule has 0 atom stereocenters. The van der Waals surface area contributed by atoms with Crippen molar-refractivity contribution < 1.29 is 18.3 Å². The Labute approximate surface area is 131 Å². The summed E-state index contributed by atoms with van der Waals surface area (Å²) in [5, 5.41) is 9.67. The van der Waals surface area contributed by atoms with Crippen LogP contribution in [0.2, 0.25) is 5.02 Å². The van der Waals surface area contributed by atoms with Crippen LogP contribution in [0.15, 0.2) is 21.5 Å². The molecule has 2 rings (SSSR count). The topological polar surface area (TPSA) is 75.6 Å². The Kier molecular flexibility index (Phi) is 4.66. The molecule has 0 aliphatic heterocycles. The van der Waals surface area contributed by atoms with Crippen molar-refractivity contribution in [1.29, 1.82) is 0 Å². The molecule has 20 heavy (non-hydrogen) atoms. The van der Waals surface area contributed by atoms with Crippen LogP contribution >= 0.6 is 27.5 Å². The summed E-state index contributed by atoms with van der Waals surface area (Å²) >= 11 is 9.14. The highest BCUT2D eigenvalue weighted by Gasteiger charge is 2.41. The maximum atomic E-state index is 12.5. The molecule has 1 aromatic rings. The smallest absolute Gasteiger partial charge is 0.244 e.